The summed E-state index contributed by atoms with van der Waals surface area (Å²) in [7, 11) is -1.97. The zero-order valence-electron chi connectivity index (χ0n) is 14.1. The van der Waals surface area contributed by atoms with E-state index in [9.17, 15) is 13.2 Å². The normalized spacial score (nSPS) is 33.4. The van der Waals surface area contributed by atoms with E-state index in [0.29, 0.717) is 32.6 Å². The van der Waals surface area contributed by atoms with Crippen LogP contribution in [0.5, 0.6) is 0 Å². The number of carbonyl (C=O) groups excluding carboxylic acids is 1. The fourth-order valence-corrected chi connectivity index (χ4v) is 6.57. The highest BCUT2D eigenvalue weighted by Gasteiger charge is 2.65. The third-order valence-electron chi connectivity index (χ3n) is 5.33. The summed E-state index contributed by atoms with van der Waals surface area (Å²) in [6.07, 6.45) is 0.234. The number of ether oxygens (including phenoxy) is 2. The van der Waals surface area contributed by atoms with Gasteiger partial charge in [-0.15, -0.1) is 0 Å². The number of nitrogens with zero attached hydrogens (tertiary/aromatic N) is 2. The molecule has 3 saturated heterocycles. The zero-order valence-corrected chi connectivity index (χ0v) is 14.9. The van der Waals surface area contributed by atoms with Crippen LogP contribution < -0.4 is 0 Å². The van der Waals surface area contributed by atoms with Gasteiger partial charge in [0.05, 0.1) is 12.6 Å². The number of likely N-dealkylation sites (tertiary alicyclic amines) is 1. The van der Waals surface area contributed by atoms with E-state index in [1.165, 1.54) is 11.4 Å². The van der Waals surface area contributed by atoms with Gasteiger partial charge in [-0.05, 0) is 12.0 Å². The van der Waals surface area contributed by atoms with Crippen molar-refractivity contribution in [2.75, 3.05) is 33.4 Å². The standard InChI is InChI=1S/C17H22N2O5S/c1-23-10-16(20)18-9-14-7-15-17(11-18,24-14)12-19(25(15,21)22)8-13-5-3-2-4-6-13/h2-6,14-15H,7-12H2,1H3/t14-,15+,17+/m0/s1. The second-order valence-corrected chi connectivity index (χ2v) is 9.15. The van der Waals surface area contributed by atoms with E-state index in [0.717, 1.165) is 5.56 Å². The first-order valence-corrected chi connectivity index (χ1v) is 9.92. The lowest BCUT2D eigenvalue weighted by atomic mass is 9.99. The number of rotatable bonds is 4. The molecule has 7 nitrogen and oxygen atoms in total. The summed E-state index contributed by atoms with van der Waals surface area (Å²) >= 11 is 0. The molecule has 4 rings (SSSR count). The largest absolute Gasteiger partial charge is 0.375 e. The van der Waals surface area contributed by atoms with Crippen LogP contribution in [0.2, 0.25) is 0 Å². The first-order chi connectivity index (χ1) is 11.9. The van der Waals surface area contributed by atoms with Crippen LogP contribution in [0.4, 0.5) is 0 Å². The quantitative estimate of drug-likeness (QED) is 0.762. The summed E-state index contributed by atoms with van der Waals surface area (Å²) in [5.41, 5.74) is 0.127. The van der Waals surface area contributed by atoms with Gasteiger partial charge in [0.2, 0.25) is 15.9 Å². The molecule has 0 unspecified atom stereocenters. The van der Waals surface area contributed by atoms with Crippen LogP contribution >= 0.6 is 0 Å². The van der Waals surface area contributed by atoms with Crippen LogP contribution in [-0.4, -0.2) is 73.8 Å². The average Bonchev–Trinajstić information content (AvgIpc) is 2.95. The minimum Gasteiger partial charge on any atom is -0.375 e. The lowest BCUT2D eigenvalue weighted by Gasteiger charge is -2.39. The van der Waals surface area contributed by atoms with Crippen molar-refractivity contribution in [1.29, 1.82) is 0 Å². The molecule has 3 aliphatic rings. The lowest BCUT2D eigenvalue weighted by Crippen LogP contribution is -2.57. The number of morpholine rings is 1. The Balaban J connectivity index is 1.58. The molecule has 0 N–H and O–H groups in total. The SMILES string of the molecule is COCC(=O)N1C[C@@H]2C[C@@H]3[C@@](C1)(CN(Cc1ccccc1)S3(=O)=O)O2. The fourth-order valence-electron chi connectivity index (χ4n) is 4.28. The third kappa shape index (κ3) is 2.77. The number of sulfonamides is 1. The molecule has 3 aliphatic heterocycles. The molecule has 1 spiro atoms. The molecule has 0 saturated carbocycles. The minimum absolute atomic E-state index is 0.00788. The summed E-state index contributed by atoms with van der Waals surface area (Å²) in [6.45, 7) is 1.38. The van der Waals surface area contributed by atoms with Crippen molar-refractivity contribution >= 4 is 15.9 Å². The Morgan fingerprint density at radius 3 is 2.80 bits per heavy atom. The summed E-state index contributed by atoms with van der Waals surface area (Å²) in [4.78, 5) is 13.9. The van der Waals surface area contributed by atoms with Crippen molar-refractivity contribution in [2.45, 2.75) is 29.9 Å². The number of fused-ring (bicyclic) bond motifs is 1. The number of benzene rings is 1. The van der Waals surface area contributed by atoms with E-state index in [1.807, 2.05) is 30.3 Å². The Kier molecular flexibility index (Phi) is 4.10. The fraction of sp³-hybridized carbons (Fsp3) is 0.588. The smallest absolute Gasteiger partial charge is 0.248 e. The molecule has 3 fully saturated rings. The van der Waals surface area contributed by atoms with E-state index < -0.39 is 20.9 Å². The first-order valence-electron chi connectivity index (χ1n) is 8.42. The molecular weight excluding hydrogens is 344 g/mol. The summed E-state index contributed by atoms with van der Waals surface area (Å²) in [5.74, 6) is -0.116. The van der Waals surface area contributed by atoms with Crippen molar-refractivity contribution in [1.82, 2.24) is 9.21 Å². The van der Waals surface area contributed by atoms with Gasteiger partial charge in [0, 0.05) is 26.7 Å². The Labute approximate surface area is 147 Å². The maximum Gasteiger partial charge on any atom is 0.248 e. The molecular formula is C17H22N2O5S. The van der Waals surface area contributed by atoms with Crippen LogP contribution in [0.25, 0.3) is 0 Å². The topological polar surface area (TPSA) is 76.2 Å². The lowest BCUT2D eigenvalue weighted by molar-refractivity contribution is -0.154. The van der Waals surface area contributed by atoms with Gasteiger partial charge in [-0.3, -0.25) is 4.79 Å². The van der Waals surface area contributed by atoms with Crippen molar-refractivity contribution in [2.24, 2.45) is 0 Å². The van der Waals surface area contributed by atoms with Gasteiger partial charge in [-0.25, -0.2) is 8.42 Å². The van der Waals surface area contributed by atoms with E-state index in [1.54, 1.807) is 4.90 Å². The van der Waals surface area contributed by atoms with Gasteiger partial charge < -0.3 is 14.4 Å². The van der Waals surface area contributed by atoms with Crippen molar-refractivity contribution in [3.8, 4) is 0 Å². The van der Waals surface area contributed by atoms with Gasteiger partial charge in [0.1, 0.15) is 17.5 Å². The molecule has 1 amide bonds. The van der Waals surface area contributed by atoms with Gasteiger partial charge in [-0.1, -0.05) is 30.3 Å². The minimum atomic E-state index is -3.45. The molecule has 1 aromatic rings. The van der Waals surface area contributed by atoms with Crippen LogP contribution in [0.1, 0.15) is 12.0 Å². The summed E-state index contributed by atoms with van der Waals surface area (Å²) < 4.78 is 38.6. The molecule has 25 heavy (non-hydrogen) atoms. The zero-order chi connectivity index (χ0) is 17.7. The van der Waals surface area contributed by atoms with Gasteiger partial charge in [0.15, 0.2) is 0 Å². The number of hydrogen-bond acceptors (Lipinski definition) is 5. The molecule has 2 bridgehead atoms. The molecule has 3 heterocycles. The second kappa shape index (κ2) is 6.05. The van der Waals surface area contributed by atoms with E-state index in [-0.39, 0.29) is 18.6 Å². The van der Waals surface area contributed by atoms with E-state index in [4.69, 9.17) is 9.47 Å². The highest BCUT2D eigenvalue weighted by molar-refractivity contribution is 7.90. The van der Waals surface area contributed by atoms with Gasteiger partial charge in [0.25, 0.3) is 0 Å². The molecule has 8 heteroatoms. The molecule has 3 atom stereocenters. The Bertz CT molecular complexity index is 769. The van der Waals surface area contributed by atoms with Crippen LogP contribution in [0.3, 0.4) is 0 Å². The number of hydrogen-bond donors (Lipinski definition) is 0. The highest BCUT2D eigenvalue weighted by atomic mass is 32.2. The van der Waals surface area contributed by atoms with Crippen LogP contribution in [0.15, 0.2) is 30.3 Å². The number of carbonyl (C=O) groups is 1. The van der Waals surface area contributed by atoms with Crippen LogP contribution in [0, 0.1) is 0 Å². The average molecular weight is 366 g/mol. The predicted octanol–water partition coefficient (Wildman–Crippen LogP) is 0.217. The van der Waals surface area contributed by atoms with E-state index >= 15 is 0 Å². The Morgan fingerprint density at radius 1 is 1.32 bits per heavy atom. The first kappa shape index (κ1) is 17.0. The van der Waals surface area contributed by atoms with Crippen molar-refractivity contribution in [3.05, 3.63) is 35.9 Å². The Hall–Kier alpha value is -1.48. The highest BCUT2D eigenvalue weighted by Crippen LogP contribution is 2.46. The van der Waals surface area contributed by atoms with Crippen LogP contribution in [-0.2, 0) is 30.8 Å². The summed E-state index contributed by atoms with van der Waals surface area (Å²) in [6, 6.07) is 9.54. The third-order valence-corrected chi connectivity index (χ3v) is 7.65. The maximum absolute atomic E-state index is 13.0. The molecule has 0 aromatic heterocycles. The molecule has 0 radical (unpaired) electrons. The second-order valence-electron chi connectivity index (χ2n) is 7.03. The Morgan fingerprint density at radius 2 is 2.08 bits per heavy atom. The monoisotopic (exact) mass is 366 g/mol. The van der Waals surface area contributed by atoms with E-state index in [2.05, 4.69) is 0 Å². The molecule has 1 aromatic carbocycles. The summed E-state index contributed by atoms with van der Waals surface area (Å²) in [5, 5.41) is -0.575. The van der Waals surface area contributed by atoms with Crippen molar-refractivity contribution in [3.63, 3.8) is 0 Å². The maximum atomic E-state index is 13.0. The number of methoxy groups -OCH3 is 1. The molecule has 136 valence electrons. The molecule has 0 aliphatic carbocycles. The number of amides is 1. The van der Waals surface area contributed by atoms with Crippen molar-refractivity contribution < 1.29 is 22.7 Å². The van der Waals surface area contributed by atoms with Gasteiger partial charge in [-0.2, -0.15) is 4.31 Å². The predicted molar refractivity (Wildman–Crippen MR) is 90.2 cm³/mol. The van der Waals surface area contributed by atoms with Gasteiger partial charge >= 0.3 is 0 Å².